The quantitative estimate of drug-likeness (QED) is 0.774. The Kier molecular flexibility index (Phi) is 7.20. The van der Waals surface area contributed by atoms with Crippen LogP contribution in [0.5, 0.6) is 0 Å². The first-order valence-electron chi connectivity index (χ1n) is 11.3. The fourth-order valence-corrected chi connectivity index (χ4v) is 4.48. The average molecular weight is 425 g/mol. The minimum absolute atomic E-state index is 0.0128. The second kappa shape index (κ2) is 10.2. The van der Waals surface area contributed by atoms with Crippen molar-refractivity contribution >= 4 is 11.6 Å². The maximum absolute atomic E-state index is 13.1. The first-order chi connectivity index (χ1) is 15.1. The molecular formula is C25H33FN4O. The van der Waals surface area contributed by atoms with Crippen LogP contribution in [-0.4, -0.2) is 62.0 Å². The van der Waals surface area contributed by atoms with Crippen molar-refractivity contribution in [1.82, 2.24) is 15.1 Å². The van der Waals surface area contributed by atoms with Crippen molar-refractivity contribution in [1.29, 1.82) is 0 Å². The van der Waals surface area contributed by atoms with E-state index in [1.165, 1.54) is 17.8 Å². The second-order valence-corrected chi connectivity index (χ2v) is 8.88. The van der Waals surface area contributed by atoms with Crippen molar-refractivity contribution in [3.05, 3.63) is 65.5 Å². The number of hydrogen-bond acceptors (Lipinski definition) is 4. The van der Waals surface area contributed by atoms with Crippen LogP contribution in [0.1, 0.15) is 24.0 Å². The number of piperidine rings is 1. The highest BCUT2D eigenvalue weighted by atomic mass is 19.1. The van der Waals surface area contributed by atoms with Crippen LogP contribution in [0.2, 0.25) is 0 Å². The summed E-state index contributed by atoms with van der Waals surface area (Å²) in [6.45, 7) is 7.37. The number of hydrogen-bond donors (Lipinski definition) is 1. The molecule has 0 unspecified atom stereocenters. The molecule has 2 aromatic rings. The molecule has 2 aliphatic rings. The molecular weight excluding hydrogens is 391 g/mol. The van der Waals surface area contributed by atoms with E-state index in [2.05, 4.69) is 51.3 Å². The standard InChI is InChI=1S/C25H33FN4O/c1-28-13-15-30(16-14-28)24-10-6-20(7-11-24)17-27-25(31)22-3-2-12-29(19-22)18-21-4-8-23(26)9-5-21/h4-11,22H,2-3,12-19H2,1H3,(H,27,31)/t22-/m1/s1. The molecule has 166 valence electrons. The summed E-state index contributed by atoms with van der Waals surface area (Å²) in [5, 5.41) is 3.13. The van der Waals surface area contributed by atoms with Crippen LogP contribution in [0.25, 0.3) is 0 Å². The molecule has 2 saturated heterocycles. The Morgan fingerprint density at radius 2 is 1.65 bits per heavy atom. The maximum atomic E-state index is 13.1. The minimum atomic E-state index is -0.212. The maximum Gasteiger partial charge on any atom is 0.224 e. The van der Waals surface area contributed by atoms with Crippen LogP contribution in [0, 0.1) is 11.7 Å². The number of benzene rings is 2. The van der Waals surface area contributed by atoms with Gasteiger partial charge < -0.3 is 15.1 Å². The smallest absolute Gasteiger partial charge is 0.224 e. The number of anilines is 1. The average Bonchev–Trinajstić information content (AvgIpc) is 2.80. The van der Waals surface area contributed by atoms with Crippen molar-refractivity contribution in [2.75, 3.05) is 51.2 Å². The van der Waals surface area contributed by atoms with E-state index in [0.29, 0.717) is 6.54 Å². The van der Waals surface area contributed by atoms with Gasteiger partial charge in [0.2, 0.25) is 5.91 Å². The van der Waals surface area contributed by atoms with E-state index in [9.17, 15) is 9.18 Å². The highest BCUT2D eigenvalue weighted by Crippen LogP contribution is 2.20. The van der Waals surface area contributed by atoms with Crippen molar-refractivity contribution in [3.63, 3.8) is 0 Å². The largest absolute Gasteiger partial charge is 0.369 e. The van der Waals surface area contributed by atoms with Gasteiger partial charge in [-0.15, -0.1) is 0 Å². The van der Waals surface area contributed by atoms with Crippen LogP contribution in [0.3, 0.4) is 0 Å². The second-order valence-electron chi connectivity index (χ2n) is 8.88. The van der Waals surface area contributed by atoms with Gasteiger partial charge in [0, 0.05) is 51.5 Å². The molecule has 6 heteroatoms. The normalized spacial score (nSPS) is 20.6. The molecule has 2 fully saturated rings. The number of likely N-dealkylation sites (tertiary alicyclic amines) is 1. The summed E-state index contributed by atoms with van der Waals surface area (Å²) in [4.78, 5) is 19.8. The summed E-state index contributed by atoms with van der Waals surface area (Å²) in [5.41, 5.74) is 3.47. The Morgan fingerprint density at radius 1 is 0.968 bits per heavy atom. The lowest BCUT2D eigenvalue weighted by molar-refractivity contribution is -0.126. The third-order valence-electron chi connectivity index (χ3n) is 6.47. The number of amides is 1. The first kappa shape index (κ1) is 21.8. The van der Waals surface area contributed by atoms with Crippen LogP contribution in [-0.2, 0) is 17.9 Å². The summed E-state index contributed by atoms with van der Waals surface area (Å²) >= 11 is 0. The molecule has 0 saturated carbocycles. The number of carbonyl (C=O) groups is 1. The number of rotatable bonds is 6. The van der Waals surface area contributed by atoms with E-state index in [1.807, 2.05) is 12.1 Å². The zero-order valence-electron chi connectivity index (χ0n) is 18.4. The van der Waals surface area contributed by atoms with Crippen LogP contribution in [0.15, 0.2) is 48.5 Å². The molecule has 0 aliphatic carbocycles. The lowest BCUT2D eigenvalue weighted by Gasteiger charge is -2.34. The van der Waals surface area contributed by atoms with Crippen LogP contribution in [0.4, 0.5) is 10.1 Å². The zero-order valence-corrected chi connectivity index (χ0v) is 18.4. The molecule has 0 radical (unpaired) electrons. The number of carbonyl (C=O) groups excluding carboxylic acids is 1. The Balaban J connectivity index is 1.24. The molecule has 2 heterocycles. The Morgan fingerprint density at radius 3 is 2.35 bits per heavy atom. The fourth-order valence-electron chi connectivity index (χ4n) is 4.48. The van der Waals surface area contributed by atoms with Gasteiger partial charge in [-0.2, -0.15) is 0 Å². The molecule has 2 aliphatic heterocycles. The van der Waals surface area contributed by atoms with Crippen molar-refractivity contribution in [2.24, 2.45) is 5.92 Å². The monoisotopic (exact) mass is 424 g/mol. The van der Waals surface area contributed by atoms with Gasteiger partial charge in [0.05, 0.1) is 5.92 Å². The molecule has 1 N–H and O–H groups in total. The van der Waals surface area contributed by atoms with Gasteiger partial charge in [-0.1, -0.05) is 24.3 Å². The van der Waals surface area contributed by atoms with E-state index in [4.69, 9.17) is 0 Å². The SMILES string of the molecule is CN1CCN(c2ccc(CNC(=O)[C@@H]3CCCN(Cc4ccc(F)cc4)C3)cc2)CC1. The van der Waals surface area contributed by atoms with Gasteiger partial charge in [0.15, 0.2) is 0 Å². The number of nitrogens with zero attached hydrogens (tertiary/aromatic N) is 3. The Labute approximate surface area is 184 Å². The van der Waals surface area contributed by atoms with Gasteiger partial charge in [0.25, 0.3) is 0 Å². The third kappa shape index (κ3) is 6.05. The van der Waals surface area contributed by atoms with Gasteiger partial charge in [-0.3, -0.25) is 9.69 Å². The van der Waals surface area contributed by atoms with E-state index in [-0.39, 0.29) is 17.6 Å². The first-order valence-corrected chi connectivity index (χ1v) is 11.3. The number of piperazine rings is 1. The van der Waals surface area contributed by atoms with Crippen LogP contribution < -0.4 is 10.2 Å². The predicted octanol–water partition coefficient (Wildman–Crippen LogP) is 3.11. The molecule has 0 bridgehead atoms. The molecule has 0 aromatic heterocycles. The van der Waals surface area contributed by atoms with Crippen LogP contribution >= 0.6 is 0 Å². The third-order valence-corrected chi connectivity index (χ3v) is 6.47. The number of likely N-dealkylation sites (N-methyl/N-ethyl adjacent to an activating group) is 1. The predicted molar refractivity (Wildman–Crippen MR) is 122 cm³/mol. The zero-order chi connectivity index (χ0) is 21.6. The van der Waals surface area contributed by atoms with Gasteiger partial charge in [-0.05, 0) is 61.8 Å². The summed E-state index contributed by atoms with van der Waals surface area (Å²) < 4.78 is 13.1. The summed E-state index contributed by atoms with van der Waals surface area (Å²) in [6.07, 6.45) is 1.94. The van der Waals surface area contributed by atoms with Crippen molar-refractivity contribution in [2.45, 2.75) is 25.9 Å². The van der Waals surface area contributed by atoms with Crippen molar-refractivity contribution < 1.29 is 9.18 Å². The number of halogens is 1. The van der Waals surface area contributed by atoms with Gasteiger partial charge >= 0.3 is 0 Å². The van der Waals surface area contributed by atoms with E-state index in [1.54, 1.807) is 0 Å². The Hall–Kier alpha value is -2.44. The van der Waals surface area contributed by atoms with E-state index < -0.39 is 0 Å². The molecule has 4 rings (SSSR count). The molecule has 2 aromatic carbocycles. The molecule has 0 spiro atoms. The molecule has 31 heavy (non-hydrogen) atoms. The highest BCUT2D eigenvalue weighted by Gasteiger charge is 2.25. The van der Waals surface area contributed by atoms with Gasteiger partial charge in [-0.25, -0.2) is 4.39 Å². The summed E-state index contributed by atoms with van der Waals surface area (Å²) in [7, 11) is 2.16. The lowest BCUT2D eigenvalue weighted by Crippen LogP contribution is -2.44. The molecule has 1 amide bonds. The van der Waals surface area contributed by atoms with E-state index in [0.717, 1.165) is 69.8 Å². The topological polar surface area (TPSA) is 38.8 Å². The molecule has 5 nitrogen and oxygen atoms in total. The minimum Gasteiger partial charge on any atom is -0.369 e. The Bertz CT molecular complexity index is 847. The molecule has 1 atom stereocenters. The lowest BCUT2D eigenvalue weighted by atomic mass is 9.96. The summed E-state index contributed by atoms with van der Waals surface area (Å²) in [6, 6.07) is 15.2. The highest BCUT2D eigenvalue weighted by molar-refractivity contribution is 5.79. The van der Waals surface area contributed by atoms with E-state index >= 15 is 0 Å². The van der Waals surface area contributed by atoms with Gasteiger partial charge in [0.1, 0.15) is 5.82 Å². The summed E-state index contributed by atoms with van der Waals surface area (Å²) in [5.74, 6) is -0.0676. The number of nitrogens with one attached hydrogen (secondary N) is 1. The fraction of sp³-hybridized carbons (Fsp3) is 0.480. The van der Waals surface area contributed by atoms with Crippen molar-refractivity contribution in [3.8, 4) is 0 Å².